The Kier molecular flexibility index (Phi) is 3.44. The van der Waals surface area contributed by atoms with Gasteiger partial charge < -0.3 is 9.47 Å². The molecule has 2 rings (SSSR count). The summed E-state index contributed by atoms with van der Waals surface area (Å²) in [5, 5.41) is 0.359. The normalized spacial score (nSPS) is 10.1. The van der Waals surface area contributed by atoms with Crippen molar-refractivity contribution in [2.75, 3.05) is 14.2 Å². The Balaban J connectivity index is 2.46. The van der Waals surface area contributed by atoms with Gasteiger partial charge in [0.1, 0.15) is 5.15 Å². The molecule has 0 aliphatic heterocycles. The Morgan fingerprint density at radius 1 is 1.06 bits per heavy atom. The quantitative estimate of drug-likeness (QED) is 0.840. The maximum atomic E-state index is 5.80. The van der Waals surface area contributed by atoms with E-state index in [0.29, 0.717) is 22.3 Å². The number of methoxy groups -OCH3 is 2. The maximum Gasteiger partial charge on any atom is 0.161 e. The minimum absolute atomic E-state index is 0.359. The average Bonchev–Trinajstić information content (AvgIpc) is 2.38. The van der Waals surface area contributed by atoms with Crippen molar-refractivity contribution in [3.8, 4) is 22.8 Å². The standard InChI is InChI=1S/C12H11ClN2O2/c1-16-10-4-3-8(5-11(10)17-2)9-6-14-7-12(13)15-9/h3-7H,1-2H3. The summed E-state index contributed by atoms with van der Waals surface area (Å²) in [5.41, 5.74) is 1.57. The van der Waals surface area contributed by atoms with Gasteiger partial charge in [-0.3, -0.25) is 4.98 Å². The van der Waals surface area contributed by atoms with Gasteiger partial charge in [0.25, 0.3) is 0 Å². The van der Waals surface area contributed by atoms with Crippen LogP contribution in [0, 0.1) is 0 Å². The van der Waals surface area contributed by atoms with E-state index in [1.54, 1.807) is 20.4 Å². The van der Waals surface area contributed by atoms with E-state index in [9.17, 15) is 0 Å². The molecule has 2 aromatic rings. The van der Waals surface area contributed by atoms with Crippen LogP contribution in [-0.4, -0.2) is 24.2 Å². The van der Waals surface area contributed by atoms with Gasteiger partial charge in [0.15, 0.2) is 11.5 Å². The van der Waals surface area contributed by atoms with E-state index in [1.165, 1.54) is 6.20 Å². The van der Waals surface area contributed by atoms with Gasteiger partial charge in [-0.25, -0.2) is 4.98 Å². The van der Waals surface area contributed by atoms with Crippen LogP contribution in [0.4, 0.5) is 0 Å². The van der Waals surface area contributed by atoms with E-state index >= 15 is 0 Å². The molecule has 0 amide bonds. The second-order valence-corrected chi connectivity index (χ2v) is 3.68. The van der Waals surface area contributed by atoms with E-state index in [0.717, 1.165) is 5.56 Å². The lowest BCUT2D eigenvalue weighted by Gasteiger charge is -2.09. The highest BCUT2D eigenvalue weighted by Gasteiger charge is 2.07. The lowest BCUT2D eigenvalue weighted by Crippen LogP contribution is -1.92. The highest BCUT2D eigenvalue weighted by molar-refractivity contribution is 6.29. The molecule has 1 aromatic carbocycles. The van der Waals surface area contributed by atoms with Crippen LogP contribution < -0.4 is 9.47 Å². The van der Waals surface area contributed by atoms with Crippen molar-refractivity contribution in [3.63, 3.8) is 0 Å². The first-order chi connectivity index (χ1) is 8.24. The fraction of sp³-hybridized carbons (Fsp3) is 0.167. The van der Waals surface area contributed by atoms with Crippen molar-refractivity contribution in [3.05, 3.63) is 35.7 Å². The molecular formula is C12H11ClN2O2. The summed E-state index contributed by atoms with van der Waals surface area (Å²) in [6, 6.07) is 5.53. The van der Waals surface area contributed by atoms with Crippen LogP contribution in [0.2, 0.25) is 5.15 Å². The highest BCUT2D eigenvalue weighted by atomic mass is 35.5. The van der Waals surface area contributed by atoms with Gasteiger partial charge in [-0.2, -0.15) is 0 Å². The van der Waals surface area contributed by atoms with Gasteiger partial charge in [0, 0.05) is 5.56 Å². The summed E-state index contributed by atoms with van der Waals surface area (Å²) >= 11 is 5.80. The van der Waals surface area contributed by atoms with E-state index < -0.39 is 0 Å². The van der Waals surface area contributed by atoms with E-state index in [-0.39, 0.29) is 0 Å². The summed E-state index contributed by atoms with van der Waals surface area (Å²) in [6.07, 6.45) is 3.14. The number of rotatable bonds is 3. The Labute approximate surface area is 104 Å². The third-order valence-corrected chi connectivity index (χ3v) is 2.47. The third kappa shape index (κ3) is 2.47. The molecule has 0 bridgehead atoms. The van der Waals surface area contributed by atoms with Gasteiger partial charge in [-0.1, -0.05) is 11.6 Å². The fourth-order valence-corrected chi connectivity index (χ4v) is 1.62. The lowest BCUT2D eigenvalue weighted by molar-refractivity contribution is 0.355. The van der Waals surface area contributed by atoms with Crippen LogP contribution in [-0.2, 0) is 0 Å². The Hall–Kier alpha value is -1.81. The number of halogens is 1. The van der Waals surface area contributed by atoms with Crippen LogP contribution in [0.5, 0.6) is 11.5 Å². The zero-order valence-corrected chi connectivity index (χ0v) is 10.2. The van der Waals surface area contributed by atoms with Crippen LogP contribution in [0.25, 0.3) is 11.3 Å². The van der Waals surface area contributed by atoms with Crippen molar-refractivity contribution >= 4 is 11.6 Å². The maximum absolute atomic E-state index is 5.80. The second kappa shape index (κ2) is 5.01. The van der Waals surface area contributed by atoms with Gasteiger partial charge in [0.2, 0.25) is 0 Å². The number of ether oxygens (including phenoxy) is 2. The fourth-order valence-electron chi connectivity index (χ4n) is 1.48. The first-order valence-electron chi connectivity index (χ1n) is 4.94. The van der Waals surface area contributed by atoms with Crippen molar-refractivity contribution in [1.82, 2.24) is 9.97 Å². The monoisotopic (exact) mass is 250 g/mol. The minimum Gasteiger partial charge on any atom is -0.493 e. The van der Waals surface area contributed by atoms with Gasteiger partial charge >= 0.3 is 0 Å². The average molecular weight is 251 g/mol. The molecule has 0 saturated heterocycles. The van der Waals surface area contributed by atoms with Crippen LogP contribution >= 0.6 is 11.6 Å². The molecule has 5 heteroatoms. The molecule has 0 fully saturated rings. The summed E-state index contributed by atoms with van der Waals surface area (Å²) in [7, 11) is 3.18. The molecule has 88 valence electrons. The van der Waals surface area contributed by atoms with Crippen LogP contribution in [0.3, 0.4) is 0 Å². The predicted octanol–water partition coefficient (Wildman–Crippen LogP) is 2.81. The first-order valence-corrected chi connectivity index (χ1v) is 5.32. The molecule has 0 spiro atoms. The first kappa shape index (κ1) is 11.7. The number of benzene rings is 1. The molecule has 0 unspecified atom stereocenters. The molecule has 0 aliphatic carbocycles. The summed E-state index contributed by atoms with van der Waals surface area (Å²) in [5.74, 6) is 1.32. The number of nitrogens with zero attached hydrogens (tertiary/aromatic N) is 2. The highest BCUT2D eigenvalue weighted by Crippen LogP contribution is 2.31. The summed E-state index contributed by atoms with van der Waals surface area (Å²) in [4.78, 5) is 8.17. The Morgan fingerprint density at radius 3 is 2.47 bits per heavy atom. The zero-order chi connectivity index (χ0) is 12.3. The number of aromatic nitrogens is 2. The molecule has 0 radical (unpaired) electrons. The SMILES string of the molecule is COc1ccc(-c2cncc(Cl)n2)cc1OC. The van der Waals surface area contributed by atoms with Gasteiger partial charge in [0.05, 0.1) is 32.3 Å². The predicted molar refractivity (Wildman–Crippen MR) is 65.6 cm³/mol. The molecule has 1 aromatic heterocycles. The Morgan fingerprint density at radius 2 is 1.82 bits per heavy atom. The van der Waals surface area contributed by atoms with Crippen molar-refractivity contribution < 1.29 is 9.47 Å². The van der Waals surface area contributed by atoms with E-state index in [2.05, 4.69) is 9.97 Å². The molecular weight excluding hydrogens is 240 g/mol. The van der Waals surface area contributed by atoms with Crippen molar-refractivity contribution in [2.45, 2.75) is 0 Å². The molecule has 0 aliphatic rings. The van der Waals surface area contributed by atoms with Crippen molar-refractivity contribution in [2.24, 2.45) is 0 Å². The largest absolute Gasteiger partial charge is 0.493 e. The molecule has 0 atom stereocenters. The lowest BCUT2D eigenvalue weighted by atomic mass is 10.1. The van der Waals surface area contributed by atoms with E-state index in [1.807, 2.05) is 18.2 Å². The molecule has 0 saturated carbocycles. The van der Waals surface area contributed by atoms with E-state index in [4.69, 9.17) is 21.1 Å². The molecule has 17 heavy (non-hydrogen) atoms. The van der Waals surface area contributed by atoms with Gasteiger partial charge in [-0.05, 0) is 18.2 Å². The zero-order valence-electron chi connectivity index (χ0n) is 9.48. The smallest absolute Gasteiger partial charge is 0.161 e. The van der Waals surface area contributed by atoms with Crippen LogP contribution in [0.15, 0.2) is 30.6 Å². The summed E-state index contributed by atoms with van der Waals surface area (Å²) < 4.78 is 10.4. The molecule has 1 heterocycles. The molecule has 0 N–H and O–H groups in total. The number of hydrogen-bond acceptors (Lipinski definition) is 4. The van der Waals surface area contributed by atoms with Crippen molar-refractivity contribution in [1.29, 1.82) is 0 Å². The van der Waals surface area contributed by atoms with Gasteiger partial charge in [-0.15, -0.1) is 0 Å². The van der Waals surface area contributed by atoms with Crippen LogP contribution in [0.1, 0.15) is 0 Å². The topological polar surface area (TPSA) is 44.2 Å². The number of hydrogen-bond donors (Lipinski definition) is 0. The Bertz CT molecular complexity index is 532. The third-order valence-electron chi connectivity index (χ3n) is 2.28. The minimum atomic E-state index is 0.359. The second-order valence-electron chi connectivity index (χ2n) is 3.30. The summed E-state index contributed by atoms with van der Waals surface area (Å²) in [6.45, 7) is 0. The molecule has 4 nitrogen and oxygen atoms in total.